The van der Waals surface area contributed by atoms with Gasteiger partial charge in [-0.25, -0.2) is 4.98 Å². The van der Waals surface area contributed by atoms with E-state index in [1.165, 1.54) is 0 Å². The highest BCUT2D eigenvalue weighted by molar-refractivity contribution is 8.02. The molecule has 5 rings (SSSR count). The highest BCUT2D eigenvalue weighted by Gasteiger charge is 2.57. The molecule has 1 N–H and O–H groups in total. The van der Waals surface area contributed by atoms with Crippen LogP contribution in [0.3, 0.4) is 0 Å². The molecule has 3 aromatic rings. The Morgan fingerprint density at radius 1 is 1.08 bits per heavy atom. The number of pyridine rings is 2. The number of benzene rings is 1. The predicted molar refractivity (Wildman–Crippen MR) is 155 cm³/mol. The molecular weight excluding hydrogens is 476 g/mol. The van der Waals surface area contributed by atoms with E-state index < -0.39 is 5.54 Å². The Balaban J connectivity index is 1.76. The van der Waals surface area contributed by atoms with E-state index >= 15 is 0 Å². The number of thioether (sulfide) groups is 1. The number of hydrogen-bond donors (Lipinski definition) is 1. The van der Waals surface area contributed by atoms with Gasteiger partial charge < -0.3 is 5.32 Å². The third kappa shape index (κ3) is 3.83. The van der Waals surface area contributed by atoms with E-state index in [0.717, 1.165) is 49.6 Å². The third-order valence-corrected chi connectivity index (χ3v) is 9.27. The fraction of sp³-hybridized carbons (Fsp3) is 0.419. The van der Waals surface area contributed by atoms with Gasteiger partial charge in [-0.05, 0) is 66.6 Å². The standard InChI is InChI=1S/C31H36N4OS/c1-10-19-15-21(17(2)16-32-19)23-12-11-20-22(34-23)13-14-24-25(20)26-27(37-24)28(36)33-18(3)31(35-26,29(4,5)6)30(7,8)9/h10-16,18,27H,1H2,2-9H3,(H,33,36)/t18?,27-/m1/s1. The quantitative estimate of drug-likeness (QED) is 0.407. The summed E-state index contributed by atoms with van der Waals surface area (Å²) in [5.74, 6) is 0.0323. The van der Waals surface area contributed by atoms with E-state index in [4.69, 9.17) is 9.98 Å². The van der Waals surface area contributed by atoms with Crippen LogP contribution in [0.1, 0.15) is 65.3 Å². The van der Waals surface area contributed by atoms with Crippen LogP contribution in [0, 0.1) is 17.8 Å². The molecule has 0 saturated heterocycles. The molecule has 2 aromatic heterocycles. The average molecular weight is 513 g/mol. The van der Waals surface area contributed by atoms with E-state index in [0.29, 0.717) is 0 Å². The monoisotopic (exact) mass is 512 g/mol. The Morgan fingerprint density at radius 3 is 2.43 bits per heavy atom. The van der Waals surface area contributed by atoms with Gasteiger partial charge in [0.25, 0.3) is 0 Å². The summed E-state index contributed by atoms with van der Waals surface area (Å²) >= 11 is 1.60. The molecule has 4 heterocycles. The van der Waals surface area contributed by atoms with Crippen molar-refractivity contribution in [3.05, 3.63) is 59.9 Å². The zero-order chi connectivity index (χ0) is 26.9. The zero-order valence-corrected chi connectivity index (χ0v) is 23.9. The van der Waals surface area contributed by atoms with Crippen molar-refractivity contribution in [2.75, 3.05) is 0 Å². The molecule has 6 heteroatoms. The van der Waals surface area contributed by atoms with Crippen molar-refractivity contribution in [3.63, 3.8) is 0 Å². The van der Waals surface area contributed by atoms with Crippen molar-refractivity contribution >= 4 is 40.4 Å². The summed E-state index contributed by atoms with van der Waals surface area (Å²) < 4.78 is 0. The maximum absolute atomic E-state index is 13.5. The lowest BCUT2D eigenvalue weighted by atomic mass is 9.57. The molecule has 0 saturated carbocycles. The molecule has 1 amide bonds. The van der Waals surface area contributed by atoms with Crippen molar-refractivity contribution in [2.24, 2.45) is 15.8 Å². The molecule has 37 heavy (non-hydrogen) atoms. The van der Waals surface area contributed by atoms with Crippen molar-refractivity contribution in [1.82, 2.24) is 15.3 Å². The summed E-state index contributed by atoms with van der Waals surface area (Å²) in [6.45, 7) is 21.4. The van der Waals surface area contributed by atoms with Gasteiger partial charge in [0.1, 0.15) is 5.25 Å². The Kier molecular flexibility index (Phi) is 5.91. The first-order valence-electron chi connectivity index (χ1n) is 12.9. The lowest BCUT2D eigenvalue weighted by Crippen LogP contribution is -2.63. The number of nitrogens with zero attached hydrogens (tertiary/aromatic N) is 3. The van der Waals surface area contributed by atoms with E-state index in [1.807, 2.05) is 19.2 Å². The maximum Gasteiger partial charge on any atom is 0.239 e. The first kappa shape index (κ1) is 25.7. The van der Waals surface area contributed by atoms with Crippen LogP contribution < -0.4 is 5.32 Å². The molecule has 0 bridgehead atoms. The largest absolute Gasteiger partial charge is 0.350 e. The summed E-state index contributed by atoms with van der Waals surface area (Å²) in [5, 5.41) is 4.01. The topological polar surface area (TPSA) is 67.2 Å². The number of carbonyl (C=O) groups excluding carboxylic acids is 1. The number of hydrogen-bond acceptors (Lipinski definition) is 5. The van der Waals surface area contributed by atoms with E-state index in [2.05, 4.69) is 89.6 Å². The summed E-state index contributed by atoms with van der Waals surface area (Å²) in [6, 6.07) is 10.3. The number of rotatable bonds is 2. The van der Waals surface area contributed by atoms with Gasteiger partial charge in [0, 0.05) is 27.6 Å². The molecule has 1 unspecified atom stereocenters. The first-order valence-corrected chi connectivity index (χ1v) is 13.8. The number of fused-ring (bicyclic) bond motifs is 5. The second-order valence-electron chi connectivity index (χ2n) is 12.3. The van der Waals surface area contributed by atoms with Gasteiger partial charge in [0.2, 0.25) is 5.91 Å². The Bertz CT molecular complexity index is 1460. The fourth-order valence-corrected chi connectivity index (χ4v) is 7.86. The molecule has 5 nitrogen and oxygen atoms in total. The van der Waals surface area contributed by atoms with Gasteiger partial charge in [-0.15, -0.1) is 11.8 Å². The number of aromatic nitrogens is 2. The predicted octanol–water partition coefficient (Wildman–Crippen LogP) is 6.86. The van der Waals surface area contributed by atoms with Crippen molar-refractivity contribution in [1.29, 1.82) is 0 Å². The van der Waals surface area contributed by atoms with Crippen LogP contribution in [-0.2, 0) is 4.79 Å². The van der Waals surface area contributed by atoms with Crippen LogP contribution in [-0.4, -0.2) is 38.4 Å². The van der Waals surface area contributed by atoms with Gasteiger partial charge in [-0.1, -0.05) is 48.1 Å². The Labute approximate surface area is 224 Å². The van der Waals surface area contributed by atoms with Crippen LogP contribution >= 0.6 is 11.8 Å². The van der Waals surface area contributed by atoms with Crippen LogP contribution in [0.5, 0.6) is 0 Å². The number of aryl methyl sites for hydroxylation is 1. The molecule has 2 atom stereocenters. The molecule has 0 fully saturated rings. The SMILES string of the molecule is C=Cc1cc(-c2ccc3c4c(ccc3n2)S[C@H]2C(=O)NC(C)C(C(C)(C)C)(C(C)(C)C)N=C42)c(C)cn1. The third-order valence-electron chi connectivity index (χ3n) is 8.00. The normalized spacial score (nSPS) is 21.1. The van der Waals surface area contributed by atoms with Crippen LogP contribution in [0.15, 0.2) is 53.0 Å². The van der Waals surface area contributed by atoms with Crippen molar-refractivity contribution in [3.8, 4) is 11.3 Å². The first-order chi connectivity index (χ1) is 17.3. The summed E-state index contributed by atoms with van der Waals surface area (Å²) in [6.07, 6.45) is 3.61. The average Bonchev–Trinajstić information content (AvgIpc) is 3.14. The molecule has 1 aromatic carbocycles. The minimum atomic E-state index is -0.507. The van der Waals surface area contributed by atoms with Gasteiger partial charge >= 0.3 is 0 Å². The summed E-state index contributed by atoms with van der Waals surface area (Å²) in [5.41, 5.74) is 5.75. The van der Waals surface area contributed by atoms with Crippen LogP contribution in [0.2, 0.25) is 0 Å². The molecule has 2 aliphatic heterocycles. The minimum Gasteiger partial charge on any atom is -0.350 e. The second kappa shape index (κ2) is 8.52. The molecule has 0 spiro atoms. The lowest BCUT2D eigenvalue weighted by molar-refractivity contribution is -0.121. The van der Waals surface area contributed by atoms with Gasteiger partial charge in [0.15, 0.2) is 0 Å². The smallest absolute Gasteiger partial charge is 0.239 e. The van der Waals surface area contributed by atoms with Crippen LogP contribution in [0.4, 0.5) is 0 Å². The maximum atomic E-state index is 13.5. The van der Waals surface area contributed by atoms with Gasteiger partial charge in [-0.2, -0.15) is 0 Å². The number of nitrogens with one attached hydrogen (secondary N) is 1. The minimum absolute atomic E-state index is 0.0323. The second-order valence-corrected chi connectivity index (χ2v) is 13.5. The summed E-state index contributed by atoms with van der Waals surface area (Å²) in [4.78, 5) is 29.7. The lowest BCUT2D eigenvalue weighted by Gasteiger charge is -2.54. The molecule has 0 radical (unpaired) electrons. The fourth-order valence-electron chi connectivity index (χ4n) is 6.67. The van der Waals surface area contributed by atoms with Gasteiger partial charge in [-0.3, -0.25) is 14.8 Å². The van der Waals surface area contributed by atoms with E-state index in [9.17, 15) is 4.79 Å². The molecular formula is C31H36N4OS. The van der Waals surface area contributed by atoms with E-state index in [1.54, 1.807) is 17.8 Å². The Morgan fingerprint density at radius 2 is 1.78 bits per heavy atom. The van der Waals surface area contributed by atoms with Crippen molar-refractivity contribution < 1.29 is 4.79 Å². The molecule has 0 aliphatic carbocycles. The highest BCUT2D eigenvalue weighted by atomic mass is 32.2. The summed E-state index contributed by atoms with van der Waals surface area (Å²) in [7, 11) is 0. The zero-order valence-electron chi connectivity index (χ0n) is 23.1. The molecule has 192 valence electrons. The number of amides is 1. The Hall–Kier alpha value is -2.99. The van der Waals surface area contributed by atoms with Crippen LogP contribution in [0.25, 0.3) is 28.2 Å². The highest BCUT2D eigenvalue weighted by Crippen LogP contribution is 2.53. The number of carbonyl (C=O) groups is 1. The number of aliphatic imine (C=N–C) groups is 1. The molecule has 2 aliphatic rings. The van der Waals surface area contributed by atoms with Gasteiger partial charge in [0.05, 0.1) is 34.2 Å². The van der Waals surface area contributed by atoms with E-state index in [-0.39, 0.29) is 28.0 Å². The van der Waals surface area contributed by atoms with Crippen molar-refractivity contribution in [2.45, 2.75) is 77.1 Å².